The third kappa shape index (κ3) is 2.17. The predicted molar refractivity (Wildman–Crippen MR) is 58.9 cm³/mol. The monoisotopic (exact) mass is 194 g/mol. The second-order valence-electron chi connectivity index (χ2n) is 3.38. The maximum absolute atomic E-state index is 5.18. The van der Waals surface area contributed by atoms with E-state index in [0.29, 0.717) is 0 Å². The van der Waals surface area contributed by atoms with Crippen LogP contribution < -0.4 is 5.32 Å². The van der Waals surface area contributed by atoms with Crippen LogP contribution in [0.1, 0.15) is 6.42 Å². The molecule has 3 heteroatoms. The van der Waals surface area contributed by atoms with E-state index in [1.165, 1.54) is 5.70 Å². The highest BCUT2D eigenvalue weighted by molar-refractivity contribution is 7.80. The molecule has 1 N–H and O–H groups in total. The van der Waals surface area contributed by atoms with Crippen LogP contribution in [-0.4, -0.2) is 35.9 Å². The van der Waals surface area contributed by atoms with Gasteiger partial charge in [0.1, 0.15) is 0 Å². The van der Waals surface area contributed by atoms with Crippen molar-refractivity contribution >= 4 is 17.1 Å². The van der Waals surface area contributed by atoms with Crippen molar-refractivity contribution < 1.29 is 0 Å². The Balaban J connectivity index is 2.06. The van der Waals surface area contributed by atoms with E-state index in [1.54, 1.807) is 0 Å². The minimum absolute atomic E-state index is 0.935. The number of thiocarbonyl (C=S) groups is 1. The van der Waals surface area contributed by atoms with Crippen molar-refractivity contribution in [2.45, 2.75) is 6.42 Å². The minimum atomic E-state index is 0.935. The lowest BCUT2D eigenvalue weighted by Gasteiger charge is -2.31. The van der Waals surface area contributed by atoms with Crippen molar-refractivity contribution in [2.75, 3.05) is 26.2 Å². The highest BCUT2D eigenvalue weighted by Gasteiger charge is 2.12. The van der Waals surface area contributed by atoms with Crippen molar-refractivity contribution in [3.8, 4) is 0 Å². The van der Waals surface area contributed by atoms with E-state index in [0.717, 1.165) is 37.5 Å². The summed E-state index contributed by atoms with van der Waals surface area (Å²) in [6, 6.07) is 0. The van der Waals surface area contributed by atoms with Crippen molar-refractivity contribution in [1.29, 1.82) is 0 Å². The average molecular weight is 194 g/mol. The third-order valence-electron chi connectivity index (χ3n) is 2.40. The van der Waals surface area contributed by atoms with Gasteiger partial charge in [-0.2, -0.15) is 0 Å². The van der Waals surface area contributed by atoms with Crippen molar-refractivity contribution in [3.05, 3.63) is 23.9 Å². The van der Waals surface area contributed by atoms with Crippen molar-refractivity contribution in [3.63, 3.8) is 0 Å². The Kier molecular flexibility index (Phi) is 2.76. The Morgan fingerprint density at radius 1 is 1.31 bits per heavy atom. The fourth-order valence-corrected chi connectivity index (χ4v) is 1.90. The lowest BCUT2D eigenvalue weighted by molar-refractivity contribution is 0.307. The summed E-state index contributed by atoms with van der Waals surface area (Å²) in [7, 11) is 0. The summed E-state index contributed by atoms with van der Waals surface area (Å²) in [5, 5.41) is 3.34. The molecule has 0 aromatic rings. The summed E-state index contributed by atoms with van der Waals surface area (Å²) in [5.74, 6) is 0. The molecule has 1 saturated heterocycles. The summed E-state index contributed by atoms with van der Waals surface area (Å²) >= 11 is 5.18. The van der Waals surface area contributed by atoms with E-state index in [4.69, 9.17) is 12.2 Å². The van der Waals surface area contributed by atoms with Crippen LogP contribution in [0.3, 0.4) is 0 Å². The first-order chi connectivity index (χ1) is 6.36. The molecule has 13 heavy (non-hydrogen) atoms. The highest BCUT2D eigenvalue weighted by atomic mass is 32.1. The topological polar surface area (TPSA) is 15.3 Å². The van der Waals surface area contributed by atoms with Crippen molar-refractivity contribution in [1.82, 2.24) is 10.2 Å². The van der Waals surface area contributed by atoms with Gasteiger partial charge in [-0.3, -0.25) is 0 Å². The Morgan fingerprint density at radius 3 is 2.77 bits per heavy atom. The summed E-state index contributed by atoms with van der Waals surface area (Å²) in [5.41, 5.74) is 1.29. The first-order valence-electron chi connectivity index (χ1n) is 4.73. The summed E-state index contributed by atoms with van der Waals surface area (Å²) in [6.45, 7) is 4.35. The summed E-state index contributed by atoms with van der Waals surface area (Å²) < 4.78 is 0. The van der Waals surface area contributed by atoms with Crippen LogP contribution in [0, 0.1) is 0 Å². The Morgan fingerprint density at radius 2 is 2.08 bits per heavy atom. The molecule has 2 aliphatic rings. The molecule has 2 nitrogen and oxygen atoms in total. The second kappa shape index (κ2) is 4.03. The molecular formula is C10H14N2S. The summed E-state index contributed by atoms with van der Waals surface area (Å²) in [4.78, 5) is 3.44. The number of nitrogens with one attached hydrogen (secondary N) is 1. The van der Waals surface area contributed by atoms with E-state index < -0.39 is 0 Å². The quantitative estimate of drug-likeness (QED) is 0.629. The molecule has 1 aliphatic carbocycles. The molecule has 0 amide bonds. The molecule has 0 atom stereocenters. The molecule has 2 rings (SSSR count). The van der Waals surface area contributed by atoms with Crippen LogP contribution in [-0.2, 0) is 0 Å². The van der Waals surface area contributed by atoms with E-state index >= 15 is 0 Å². The first-order valence-corrected chi connectivity index (χ1v) is 5.14. The van der Waals surface area contributed by atoms with Gasteiger partial charge in [-0.05, 0) is 12.2 Å². The number of allylic oxidation sites excluding steroid dienone is 3. The van der Waals surface area contributed by atoms with Crippen LogP contribution in [0.5, 0.6) is 0 Å². The maximum Gasteiger partial charge on any atom is 0.0375 e. The largest absolute Gasteiger partial charge is 0.369 e. The predicted octanol–water partition coefficient (Wildman–Crippen LogP) is 1.11. The number of piperazine rings is 1. The maximum atomic E-state index is 5.18. The molecule has 0 aromatic heterocycles. The Labute approximate surface area is 84.3 Å². The van der Waals surface area contributed by atoms with E-state index in [9.17, 15) is 0 Å². The molecule has 0 saturated carbocycles. The molecule has 1 heterocycles. The molecular weight excluding hydrogens is 180 g/mol. The zero-order valence-corrected chi connectivity index (χ0v) is 8.44. The van der Waals surface area contributed by atoms with Gasteiger partial charge in [-0.15, -0.1) is 0 Å². The van der Waals surface area contributed by atoms with E-state index in [2.05, 4.69) is 28.4 Å². The normalized spacial score (nSPS) is 23.2. The fraction of sp³-hybridized carbons (Fsp3) is 0.500. The average Bonchev–Trinajstić information content (AvgIpc) is 2.19. The first kappa shape index (κ1) is 8.91. The second-order valence-corrected chi connectivity index (χ2v) is 3.90. The summed E-state index contributed by atoms with van der Waals surface area (Å²) in [6.07, 6.45) is 7.40. The van der Waals surface area contributed by atoms with Crippen LogP contribution in [0.15, 0.2) is 23.9 Å². The van der Waals surface area contributed by atoms with Gasteiger partial charge in [0.2, 0.25) is 0 Å². The molecule has 1 fully saturated rings. The van der Waals surface area contributed by atoms with Crippen LogP contribution in [0.4, 0.5) is 0 Å². The molecule has 70 valence electrons. The Bertz CT molecular complexity index is 262. The van der Waals surface area contributed by atoms with Crippen molar-refractivity contribution in [2.24, 2.45) is 0 Å². The molecule has 0 radical (unpaired) electrons. The van der Waals surface area contributed by atoms with Gasteiger partial charge in [0.05, 0.1) is 0 Å². The zero-order valence-electron chi connectivity index (χ0n) is 7.62. The van der Waals surface area contributed by atoms with Gasteiger partial charge in [0.15, 0.2) is 0 Å². The van der Waals surface area contributed by atoms with Gasteiger partial charge < -0.3 is 10.2 Å². The van der Waals surface area contributed by atoms with Crippen LogP contribution in [0.2, 0.25) is 0 Å². The number of hydrogen-bond acceptors (Lipinski definition) is 3. The van der Waals surface area contributed by atoms with E-state index in [-0.39, 0.29) is 0 Å². The lowest BCUT2D eigenvalue weighted by Crippen LogP contribution is -2.42. The van der Waals surface area contributed by atoms with E-state index in [1.807, 2.05) is 0 Å². The Hall–Kier alpha value is -0.670. The minimum Gasteiger partial charge on any atom is -0.369 e. The number of rotatable bonds is 1. The third-order valence-corrected chi connectivity index (χ3v) is 2.68. The molecule has 0 aromatic carbocycles. The molecule has 0 spiro atoms. The van der Waals surface area contributed by atoms with Crippen LogP contribution in [0.25, 0.3) is 0 Å². The highest BCUT2D eigenvalue weighted by Crippen LogP contribution is 2.13. The van der Waals surface area contributed by atoms with Gasteiger partial charge in [-0.1, -0.05) is 18.3 Å². The number of hydrogen-bond donors (Lipinski definition) is 1. The number of nitrogens with zero attached hydrogens (tertiary/aromatic N) is 1. The van der Waals surface area contributed by atoms with Gasteiger partial charge >= 0.3 is 0 Å². The van der Waals surface area contributed by atoms with Crippen LogP contribution >= 0.6 is 12.2 Å². The standard InChI is InChI=1S/C10H14N2S/c13-10-3-1-2-9(8-10)12-6-4-11-5-7-12/h1-2,8,11H,3-7H2. The molecule has 1 aliphatic heterocycles. The SMILES string of the molecule is S=C1C=C(N2CCNCC2)C=CC1. The van der Waals surface area contributed by atoms with Gasteiger partial charge in [0, 0.05) is 43.2 Å². The lowest BCUT2D eigenvalue weighted by atomic mass is 10.1. The molecule has 0 unspecified atom stereocenters. The van der Waals surface area contributed by atoms with Gasteiger partial charge in [0.25, 0.3) is 0 Å². The van der Waals surface area contributed by atoms with Gasteiger partial charge in [-0.25, -0.2) is 0 Å². The fourth-order valence-electron chi connectivity index (χ4n) is 1.69. The zero-order chi connectivity index (χ0) is 9.10. The smallest absolute Gasteiger partial charge is 0.0375 e. The molecule has 0 bridgehead atoms.